The number of hydrogen-bond donors (Lipinski definition) is 1. The quantitative estimate of drug-likeness (QED) is 0.909. The van der Waals surface area contributed by atoms with E-state index in [-0.39, 0.29) is 11.0 Å². The van der Waals surface area contributed by atoms with Crippen LogP contribution in [0, 0.1) is 6.92 Å². The van der Waals surface area contributed by atoms with Crippen molar-refractivity contribution in [3.63, 3.8) is 0 Å². The summed E-state index contributed by atoms with van der Waals surface area (Å²) in [6.45, 7) is 2.88. The molecule has 1 heterocycles. The highest BCUT2D eigenvalue weighted by atomic mass is 79.9. The Labute approximate surface area is 114 Å². The predicted molar refractivity (Wildman–Crippen MR) is 70.1 cm³/mol. The third-order valence-electron chi connectivity index (χ3n) is 2.68. The largest absolute Gasteiger partial charge is 0.486 e. The van der Waals surface area contributed by atoms with E-state index in [0.29, 0.717) is 23.4 Å². The minimum Gasteiger partial charge on any atom is -0.486 e. The van der Waals surface area contributed by atoms with Crippen LogP contribution in [0.1, 0.15) is 12.0 Å². The second-order valence-corrected chi connectivity index (χ2v) is 6.64. The van der Waals surface area contributed by atoms with Gasteiger partial charge in [-0.2, -0.15) is 0 Å². The minimum absolute atomic E-state index is 0.00118. The number of aryl methyl sites for hydroxylation is 1. The van der Waals surface area contributed by atoms with E-state index in [1.165, 1.54) is 6.07 Å². The lowest BCUT2D eigenvalue weighted by atomic mass is 10.2. The van der Waals surface area contributed by atoms with Crippen LogP contribution in [0.5, 0.6) is 5.75 Å². The third kappa shape index (κ3) is 3.03. The molecule has 1 unspecified atom stereocenters. The van der Waals surface area contributed by atoms with Gasteiger partial charge in [-0.15, -0.1) is 0 Å². The van der Waals surface area contributed by atoms with Gasteiger partial charge >= 0.3 is 0 Å². The summed E-state index contributed by atoms with van der Waals surface area (Å²) in [5, 5.41) is 5.21. The fourth-order valence-electron chi connectivity index (χ4n) is 1.83. The molecule has 2 N–H and O–H groups in total. The van der Waals surface area contributed by atoms with Crippen LogP contribution in [-0.4, -0.2) is 27.7 Å². The van der Waals surface area contributed by atoms with Crippen molar-refractivity contribution >= 4 is 26.0 Å². The smallest absolute Gasteiger partial charge is 0.241 e. The van der Waals surface area contributed by atoms with Crippen molar-refractivity contribution in [1.82, 2.24) is 0 Å². The first kappa shape index (κ1) is 13.8. The van der Waals surface area contributed by atoms with E-state index >= 15 is 0 Å². The Kier molecular flexibility index (Phi) is 3.96. The Hall–Kier alpha value is -0.630. The van der Waals surface area contributed by atoms with Crippen molar-refractivity contribution in [2.75, 3.05) is 13.2 Å². The van der Waals surface area contributed by atoms with Gasteiger partial charge in [-0.3, -0.25) is 0 Å². The SMILES string of the molecule is Cc1cc(Br)cc(S(N)(=O)=O)c1OC1CCOC1. The number of primary sulfonamides is 1. The highest BCUT2D eigenvalue weighted by Gasteiger charge is 2.24. The Balaban J connectivity index is 2.43. The van der Waals surface area contributed by atoms with E-state index in [2.05, 4.69) is 15.9 Å². The number of ether oxygens (including phenoxy) is 2. The molecule has 100 valence electrons. The van der Waals surface area contributed by atoms with Crippen molar-refractivity contribution in [3.05, 3.63) is 22.2 Å². The van der Waals surface area contributed by atoms with Crippen LogP contribution < -0.4 is 9.88 Å². The van der Waals surface area contributed by atoms with Gasteiger partial charge in [0.1, 0.15) is 16.7 Å². The maximum Gasteiger partial charge on any atom is 0.241 e. The maximum atomic E-state index is 11.6. The second kappa shape index (κ2) is 5.16. The van der Waals surface area contributed by atoms with Crippen molar-refractivity contribution < 1.29 is 17.9 Å². The van der Waals surface area contributed by atoms with E-state index in [9.17, 15) is 8.42 Å². The molecular formula is C11H14BrNO4S. The van der Waals surface area contributed by atoms with Gasteiger partial charge in [0.2, 0.25) is 10.0 Å². The molecule has 5 nitrogen and oxygen atoms in total. The molecule has 0 radical (unpaired) electrons. The highest BCUT2D eigenvalue weighted by molar-refractivity contribution is 9.10. The molecule has 0 bridgehead atoms. The van der Waals surface area contributed by atoms with E-state index in [0.717, 1.165) is 12.0 Å². The van der Waals surface area contributed by atoms with E-state index in [4.69, 9.17) is 14.6 Å². The zero-order valence-corrected chi connectivity index (χ0v) is 12.3. The molecular weight excluding hydrogens is 322 g/mol. The Morgan fingerprint density at radius 3 is 2.78 bits per heavy atom. The van der Waals surface area contributed by atoms with Gasteiger partial charge in [-0.05, 0) is 24.6 Å². The van der Waals surface area contributed by atoms with Crippen molar-refractivity contribution in [1.29, 1.82) is 0 Å². The first-order valence-corrected chi connectivity index (χ1v) is 7.79. The average molecular weight is 336 g/mol. The number of hydrogen-bond acceptors (Lipinski definition) is 4. The molecule has 1 aromatic rings. The molecule has 0 saturated carbocycles. The Morgan fingerprint density at radius 2 is 2.22 bits per heavy atom. The molecule has 1 fully saturated rings. The van der Waals surface area contributed by atoms with Crippen molar-refractivity contribution in [2.45, 2.75) is 24.3 Å². The normalized spacial score (nSPS) is 20.1. The fraction of sp³-hybridized carbons (Fsp3) is 0.455. The first-order chi connectivity index (χ1) is 8.38. The van der Waals surface area contributed by atoms with Gasteiger partial charge in [-0.25, -0.2) is 13.6 Å². The fourth-order valence-corrected chi connectivity index (χ4v) is 3.32. The minimum atomic E-state index is -3.82. The number of halogens is 1. The van der Waals surface area contributed by atoms with Crippen LogP contribution in [-0.2, 0) is 14.8 Å². The summed E-state index contributed by atoms with van der Waals surface area (Å²) < 4.78 is 34.7. The molecule has 0 aliphatic carbocycles. The van der Waals surface area contributed by atoms with Crippen LogP contribution in [0.25, 0.3) is 0 Å². The molecule has 1 aliphatic heterocycles. The summed E-state index contributed by atoms with van der Waals surface area (Å²) >= 11 is 3.25. The zero-order valence-electron chi connectivity index (χ0n) is 9.85. The van der Waals surface area contributed by atoms with Crippen LogP contribution in [0.2, 0.25) is 0 Å². The van der Waals surface area contributed by atoms with Crippen LogP contribution in [0.3, 0.4) is 0 Å². The summed E-state index contributed by atoms with van der Waals surface area (Å²) in [6.07, 6.45) is 0.630. The molecule has 0 spiro atoms. The van der Waals surface area contributed by atoms with E-state index in [1.807, 2.05) is 0 Å². The second-order valence-electron chi connectivity index (χ2n) is 4.20. The highest BCUT2D eigenvalue weighted by Crippen LogP contribution is 2.32. The first-order valence-electron chi connectivity index (χ1n) is 5.45. The monoisotopic (exact) mass is 335 g/mol. The topological polar surface area (TPSA) is 78.6 Å². The number of nitrogens with two attached hydrogens (primary N) is 1. The van der Waals surface area contributed by atoms with Crippen molar-refractivity contribution in [2.24, 2.45) is 5.14 Å². The Bertz CT molecular complexity index is 552. The third-order valence-corrected chi connectivity index (χ3v) is 4.06. The summed E-state index contributed by atoms with van der Waals surface area (Å²) in [6, 6.07) is 3.24. The van der Waals surface area contributed by atoms with Crippen LogP contribution >= 0.6 is 15.9 Å². The van der Waals surface area contributed by atoms with Gasteiger partial charge in [0, 0.05) is 10.9 Å². The van der Waals surface area contributed by atoms with E-state index < -0.39 is 10.0 Å². The van der Waals surface area contributed by atoms with Gasteiger partial charge in [0.05, 0.1) is 13.2 Å². The number of sulfonamides is 1. The van der Waals surface area contributed by atoms with Gasteiger partial charge in [-0.1, -0.05) is 15.9 Å². The molecule has 1 aromatic carbocycles. The van der Waals surface area contributed by atoms with Crippen LogP contribution in [0.15, 0.2) is 21.5 Å². The lowest BCUT2D eigenvalue weighted by Gasteiger charge is -2.17. The average Bonchev–Trinajstić information content (AvgIpc) is 2.72. The molecule has 0 amide bonds. The molecule has 7 heteroatoms. The summed E-state index contributed by atoms with van der Waals surface area (Å²) in [7, 11) is -3.82. The van der Waals surface area contributed by atoms with Crippen molar-refractivity contribution in [3.8, 4) is 5.75 Å². The predicted octanol–water partition coefficient (Wildman–Crippen LogP) is 1.57. The lowest BCUT2D eigenvalue weighted by Crippen LogP contribution is -2.20. The standard InChI is InChI=1S/C11H14BrNO4S/c1-7-4-8(12)5-10(18(13,14)15)11(7)17-9-2-3-16-6-9/h4-5,9H,2-3,6H2,1H3,(H2,13,14,15). The lowest BCUT2D eigenvalue weighted by molar-refractivity contribution is 0.138. The number of benzene rings is 1. The summed E-state index contributed by atoms with van der Waals surface area (Å²) in [5.74, 6) is 0.316. The molecule has 1 aliphatic rings. The zero-order chi connectivity index (χ0) is 13.3. The summed E-state index contributed by atoms with van der Waals surface area (Å²) in [5.41, 5.74) is 0.723. The van der Waals surface area contributed by atoms with Crippen LogP contribution in [0.4, 0.5) is 0 Å². The maximum absolute atomic E-state index is 11.6. The van der Waals surface area contributed by atoms with E-state index in [1.54, 1.807) is 13.0 Å². The molecule has 2 rings (SSSR count). The van der Waals surface area contributed by atoms with Gasteiger partial charge in [0.25, 0.3) is 0 Å². The Morgan fingerprint density at radius 1 is 1.50 bits per heavy atom. The van der Waals surface area contributed by atoms with Gasteiger partial charge < -0.3 is 9.47 Å². The molecule has 1 saturated heterocycles. The molecule has 1 atom stereocenters. The molecule has 18 heavy (non-hydrogen) atoms. The summed E-state index contributed by atoms with van der Waals surface area (Å²) in [4.78, 5) is 0.00118. The molecule has 0 aromatic heterocycles. The number of rotatable bonds is 3. The van der Waals surface area contributed by atoms with Gasteiger partial charge in [0.15, 0.2) is 0 Å².